The van der Waals surface area contributed by atoms with Crippen molar-refractivity contribution in [2.24, 2.45) is 0 Å². The van der Waals surface area contributed by atoms with Crippen molar-refractivity contribution in [1.82, 2.24) is 5.43 Å². The standard InChI is InChI=1S/C15H15N3O2S/c1-10-2-6-12(7-3-10)16-15(21)18-17-13-8-4-11(5-9-13)14(19)20/h2-9,17H,1H3,(H,19,20)(H2,16,18,21)/p-1. The quantitative estimate of drug-likeness (QED) is 0.589. The first kappa shape index (κ1) is 14.8. The minimum absolute atomic E-state index is 0.126. The minimum atomic E-state index is -1.20. The normalized spacial score (nSPS) is 9.76. The molecule has 0 fully saturated rings. The van der Waals surface area contributed by atoms with E-state index in [1.54, 1.807) is 12.1 Å². The van der Waals surface area contributed by atoms with Crippen LogP contribution in [0, 0.1) is 6.92 Å². The molecule has 0 spiro atoms. The number of aryl methyl sites for hydroxylation is 1. The van der Waals surface area contributed by atoms with Crippen molar-refractivity contribution < 1.29 is 9.90 Å². The molecule has 2 aromatic carbocycles. The number of aromatic carboxylic acids is 1. The van der Waals surface area contributed by atoms with Gasteiger partial charge in [-0.05, 0) is 49.0 Å². The highest BCUT2D eigenvalue weighted by Gasteiger charge is 1.98. The van der Waals surface area contributed by atoms with Crippen LogP contribution in [0.1, 0.15) is 15.9 Å². The van der Waals surface area contributed by atoms with Gasteiger partial charge < -0.3 is 15.2 Å². The Hall–Kier alpha value is -2.60. The van der Waals surface area contributed by atoms with Gasteiger partial charge in [0.2, 0.25) is 0 Å². The molecule has 108 valence electrons. The summed E-state index contributed by atoms with van der Waals surface area (Å²) < 4.78 is 0. The number of hydrogen-bond acceptors (Lipinski definition) is 4. The van der Waals surface area contributed by atoms with Crippen LogP contribution in [-0.2, 0) is 0 Å². The lowest BCUT2D eigenvalue weighted by molar-refractivity contribution is -0.255. The Bertz CT molecular complexity index is 639. The molecular formula is C15H14N3O2S-. The second kappa shape index (κ2) is 6.71. The number of carboxylic acid groups (broad SMARTS) is 1. The van der Waals surface area contributed by atoms with Crippen LogP contribution >= 0.6 is 12.2 Å². The molecule has 0 aliphatic carbocycles. The zero-order valence-electron chi connectivity index (χ0n) is 11.3. The van der Waals surface area contributed by atoms with Crippen LogP contribution in [0.4, 0.5) is 11.4 Å². The molecule has 21 heavy (non-hydrogen) atoms. The molecule has 0 bridgehead atoms. The fraction of sp³-hybridized carbons (Fsp3) is 0.0667. The monoisotopic (exact) mass is 300 g/mol. The van der Waals surface area contributed by atoms with Crippen molar-refractivity contribution in [2.75, 3.05) is 10.7 Å². The maximum atomic E-state index is 10.6. The third-order valence-corrected chi connectivity index (χ3v) is 2.95. The first-order valence-corrected chi connectivity index (χ1v) is 6.66. The lowest BCUT2D eigenvalue weighted by atomic mass is 10.2. The minimum Gasteiger partial charge on any atom is -0.545 e. The van der Waals surface area contributed by atoms with Gasteiger partial charge in [0, 0.05) is 5.69 Å². The smallest absolute Gasteiger partial charge is 0.189 e. The van der Waals surface area contributed by atoms with Crippen molar-refractivity contribution in [3.05, 3.63) is 59.7 Å². The first-order chi connectivity index (χ1) is 10.0. The summed E-state index contributed by atoms with van der Waals surface area (Å²) in [7, 11) is 0. The van der Waals surface area contributed by atoms with E-state index in [2.05, 4.69) is 16.2 Å². The van der Waals surface area contributed by atoms with E-state index >= 15 is 0 Å². The van der Waals surface area contributed by atoms with Crippen LogP contribution in [0.15, 0.2) is 48.5 Å². The number of carbonyl (C=O) groups excluding carboxylic acids is 1. The van der Waals surface area contributed by atoms with Crippen LogP contribution in [-0.4, -0.2) is 11.1 Å². The molecule has 5 nitrogen and oxygen atoms in total. The van der Waals surface area contributed by atoms with Gasteiger partial charge in [-0.3, -0.25) is 10.9 Å². The summed E-state index contributed by atoms with van der Waals surface area (Å²) in [5.41, 5.74) is 8.56. The van der Waals surface area contributed by atoms with E-state index in [-0.39, 0.29) is 5.56 Å². The van der Waals surface area contributed by atoms with Gasteiger partial charge in [0.15, 0.2) is 5.11 Å². The van der Waals surface area contributed by atoms with Gasteiger partial charge in [0.1, 0.15) is 0 Å². The molecule has 0 atom stereocenters. The number of anilines is 2. The van der Waals surface area contributed by atoms with Crippen molar-refractivity contribution >= 4 is 34.7 Å². The van der Waals surface area contributed by atoms with Gasteiger partial charge in [-0.15, -0.1) is 0 Å². The molecule has 6 heteroatoms. The average Bonchev–Trinajstić information content (AvgIpc) is 2.48. The molecule has 0 aliphatic heterocycles. The molecule has 0 saturated heterocycles. The maximum Gasteiger partial charge on any atom is 0.189 e. The van der Waals surface area contributed by atoms with E-state index in [4.69, 9.17) is 12.2 Å². The third kappa shape index (κ3) is 4.47. The SMILES string of the molecule is Cc1ccc(NC(=S)NNc2ccc(C(=O)[O-])cc2)cc1. The van der Waals surface area contributed by atoms with Gasteiger partial charge in [-0.1, -0.05) is 29.8 Å². The summed E-state index contributed by atoms with van der Waals surface area (Å²) in [4.78, 5) is 10.6. The number of carboxylic acids is 1. The Morgan fingerprint density at radius 2 is 1.57 bits per heavy atom. The summed E-state index contributed by atoms with van der Waals surface area (Å²) >= 11 is 5.15. The van der Waals surface area contributed by atoms with Crippen molar-refractivity contribution in [2.45, 2.75) is 6.92 Å². The fourth-order valence-electron chi connectivity index (χ4n) is 1.62. The molecule has 0 aromatic heterocycles. The predicted molar refractivity (Wildman–Crippen MR) is 84.9 cm³/mol. The Labute approximate surface area is 128 Å². The first-order valence-electron chi connectivity index (χ1n) is 6.26. The topological polar surface area (TPSA) is 76.2 Å². The molecule has 0 heterocycles. The number of thiocarbonyl (C=S) groups is 1. The molecule has 0 unspecified atom stereocenters. The van der Waals surface area contributed by atoms with Crippen LogP contribution in [0.3, 0.4) is 0 Å². The Kier molecular flexibility index (Phi) is 4.73. The Morgan fingerprint density at radius 3 is 2.14 bits per heavy atom. The Balaban J connectivity index is 1.86. The molecule has 0 amide bonds. The van der Waals surface area contributed by atoms with E-state index in [0.29, 0.717) is 10.8 Å². The number of carbonyl (C=O) groups is 1. The number of hydrazine groups is 1. The number of hydrogen-bond donors (Lipinski definition) is 3. The number of rotatable bonds is 4. The van der Waals surface area contributed by atoms with E-state index in [9.17, 15) is 9.90 Å². The van der Waals surface area contributed by atoms with Gasteiger partial charge in [0.25, 0.3) is 0 Å². The van der Waals surface area contributed by atoms with Crippen molar-refractivity contribution in [3.63, 3.8) is 0 Å². The average molecular weight is 300 g/mol. The van der Waals surface area contributed by atoms with Gasteiger partial charge in [-0.2, -0.15) is 0 Å². The summed E-state index contributed by atoms with van der Waals surface area (Å²) in [5, 5.41) is 14.1. The molecular weight excluding hydrogens is 286 g/mol. The van der Waals surface area contributed by atoms with E-state index in [1.165, 1.54) is 17.7 Å². The van der Waals surface area contributed by atoms with Gasteiger partial charge in [-0.25, -0.2) is 0 Å². The van der Waals surface area contributed by atoms with Crippen molar-refractivity contribution in [3.8, 4) is 0 Å². The summed E-state index contributed by atoms with van der Waals surface area (Å²) in [6.07, 6.45) is 0. The molecule has 0 aliphatic rings. The summed E-state index contributed by atoms with van der Waals surface area (Å²) in [5.74, 6) is -1.20. The summed E-state index contributed by atoms with van der Waals surface area (Å²) in [6, 6.07) is 14.0. The molecule has 2 aromatic rings. The number of nitrogens with one attached hydrogen (secondary N) is 3. The molecule has 3 N–H and O–H groups in total. The maximum absolute atomic E-state index is 10.6. The van der Waals surface area contributed by atoms with E-state index in [1.807, 2.05) is 31.2 Å². The molecule has 2 rings (SSSR count). The summed E-state index contributed by atoms with van der Waals surface area (Å²) in [6.45, 7) is 2.01. The van der Waals surface area contributed by atoms with Crippen molar-refractivity contribution in [1.29, 1.82) is 0 Å². The second-order valence-electron chi connectivity index (χ2n) is 4.43. The highest BCUT2D eigenvalue weighted by Crippen LogP contribution is 2.09. The van der Waals surface area contributed by atoms with Crippen LogP contribution < -0.4 is 21.3 Å². The molecule has 0 saturated carbocycles. The van der Waals surface area contributed by atoms with Crippen LogP contribution in [0.5, 0.6) is 0 Å². The van der Waals surface area contributed by atoms with E-state index in [0.717, 1.165) is 5.69 Å². The zero-order valence-corrected chi connectivity index (χ0v) is 12.2. The largest absolute Gasteiger partial charge is 0.545 e. The lowest BCUT2D eigenvalue weighted by Crippen LogP contribution is -2.33. The third-order valence-electron chi connectivity index (χ3n) is 2.75. The number of benzene rings is 2. The van der Waals surface area contributed by atoms with Crippen LogP contribution in [0.2, 0.25) is 0 Å². The van der Waals surface area contributed by atoms with Crippen LogP contribution in [0.25, 0.3) is 0 Å². The second-order valence-corrected chi connectivity index (χ2v) is 4.84. The Morgan fingerprint density at radius 1 is 1.00 bits per heavy atom. The highest BCUT2D eigenvalue weighted by atomic mass is 32.1. The van der Waals surface area contributed by atoms with E-state index < -0.39 is 5.97 Å². The highest BCUT2D eigenvalue weighted by molar-refractivity contribution is 7.80. The lowest BCUT2D eigenvalue weighted by Gasteiger charge is -2.13. The van der Waals surface area contributed by atoms with Gasteiger partial charge >= 0.3 is 0 Å². The fourth-order valence-corrected chi connectivity index (χ4v) is 1.79. The molecule has 0 radical (unpaired) electrons. The predicted octanol–water partition coefficient (Wildman–Crippen LogP) is 1.67. The zero-order chi connectivity index (χ0) is 15.2. The van der Waals surface area contributed by atoms with Gasteiger partial charge in [0.05, 0.1) is 11.7 Å².